The van der Waals surface area contributed by atoms with E-state index in [1.165, 1.54) is 31.4 Å². The second-order valence-corrected chi connectivity index (χ2v) is 17.2. The molecule has 0 radical (unpaired) electrons. The van der Waals surface area contributed by atoms with Gasteiger partial charge in [0.05, 0.1) is 51.0 Å². The lowest BCUT2D eigenvalue weighted by Gasteiger charge is -2.14. The number of phenols is 1. The van der Waals surface area contributed by atoms with E-state index in [2.05, 4.69) is 46.2 Å². The van der Waals surface area contributed by atoms with E-state index in [9.17, 15) is 47.9 Å². The molecule has 0 unspecified atom stereocenters. The van der Waals surface area contributed by atoms with Crippen molar-refractivity contribution in [3.8, 4) is 11.5 Å². The largest absolute Gasteiger partial charge is 0.505 e. The minimum Gasteiger partial charge on any atom is -0.505 e. The average Bonchev–Trinajstić information content (AvgIpc) is 3.11. The number of hydrogen-bond acceptors (Lipinski definition) is 22. The summed E-state index contributed by atoms with van der Waals surface area (Å²) in [6, 6.07) is 9.19. The third kappa shape index (κ3) is 11.0. The van der Waals surface area contributed by atoms with Crippen molar-refractivity contribution < 1.29 is 80.7 Å². The Morgan fingerprint density at radius 1 is 0.857 bits per heavy atom. The van der Waals surface area contributed by atoms with Crippen LogP contribution < -0.4 is 10.5 Å². The first-order valence-electron chi connectivity index (χ1n) is 14.2. The van der Waals surface area contributed by atoms with E-state index in [0.717, 1.165) is 24.3 Å². The van der Waals surface area contributed by atoms with Crippen LogP contribution in [0.2, 0.25) is 0 Å². The zero-order valence-electron chi connectivity index (χ0n) is 27.5. The van der Waals surface area contributed by atoms with Crippen LogP contribution >= 0.6 is 24.3 Å². The molecule has 0 heterocycles. The van der Waals surface area contributed by atoms with Crippen LogP contribution in [0.15, 0.2) is 101 Å². The van der Waals surface area contributed by atoms with E-state index in [1.54, 1.807) is 0 Å². The molecule has 0 atom stereocenters. The summed E-state index contributed by atoms with van der Waals surface area (Å²) in [6.07, 6.45) is 0. The molecule has 0 amide bonds. The molecule has 0 bridgehead atoms. The highest BCUT2D eigenvalue weighted by molar-refractivity contribution is 7.94. The number of nitrogens with two attached hydrogens (primary N) is 1. The van der Waals surface area contributed by atoms with Crippen LogP contribution in [0.3, 0.4) is 0 Å². The minimum absolute atomic E-state index is 0.0667. The molecule has 29 heteroatoms. The SMILES string of the molecule is COCCS(=O)(=O)c1ccc(N=Nc2c(S(=O)(=O)O)cc3cc(SOOO)c(N=Nc4ccc(OC(=C=S)OS(=O)(=O)O)cc4)c(N)c3c2O)c(S(=O)(=O)O)c1. The third-order valence-corrected chi connectivity index (χ3v) is 11.3. The Kier molecular flexibility index (Phi) is 13.8. The lowest BCUT2D eigenvalue weighted by Crippen LogP contribution is -2.12. The van der Waals surface area contributed by atoms with E-state index >= 15 is 0 Å². The number of benzene rings is 4. The normalized spacial score (nSPS) is 12.7. The first-order valence-corrected chi connectivity index (χ1v) is 21.3. The summed E-state index contributed by atoms with van der Waals surface area (Å²) in [5.74, 6) is -2.59. The molecule has 0 saturated carbocycles. The topological polar surface area (TPSA) is 359 Å². The summed E-state index contributed by atoms with van der Waals surface area (Å²) in [4.78, 5) is -2.87. The molecule has 4 rings (SSSR count). The molecule has 0 aliphatic carbocycles. The monoisotopic (exact) mass is 897 g/mol. The molecular formula is C27H23N5O18S6. The van der Waals surface area contributed by atoms with Gasteiger partial charge in [-0.1, -0.05) is 5.04 Å². The number of phenolic OH excluding ortho intramolecular Hbond substituents is 1. The van der Waals surface area contributed by atoms with Crippen molar-refractivity contribution in [1.82, 2.24) is 0 Å². The van der Waals surface area contributed by atoms with Crippen LogP contribution in [0.5, 0.6) is 11.5 Å². The van der Waals surface area contributed by atoms with Gasteiger partial charge in [0.2, 0.25) is 0 Å². The van der Waals surface area contributed by atoms with Crippen molar-refractivity contribution in [3.63, 3.8) is 0 Å². The van der Waals surface area contributed by atoms with Gasteiger partial charge in [-0.2, -0.15) is 30.4 Å². The number of nitrogens with zero attached hydrogens (tertiary/aromatic N) is 4. The number of fused-ring (bicyclic) bond motifs is 1. The van der Waals surface area contributed by atoms with Crippen LogP contribution in [0.4, 0.5) is 28.4 Å². The van der Waals surface area contributed by atoms with Gasteiger partial charge in [0.1, 0.15) is 32.6 Å². The third-order valence-electron chi connectivity index (χ3n) is 6.71. The summed E-state index contributed by atoms with van der Waals surface area (Å²) in [7, 11) is -18.4. The van der Waals surface area contributed by atoms with Crippen molar-refractivity contribution in [3.05, 3.63) is 60.5 Å². The van der Waals surface area contributed by atoms with Gasteiger partial charge >= 0.3 is 16.3 Å². The number of azo groups is 2. The number of methoxy groups -OCH3 is 1. The van der Waals surface area contributed by atoms with E-state index in [-0.39, 0.29) is 46.1 Å². The summed E-state index contributed by atoms with van der Waals surface area (Å²) in [5.41, 5.74) is 3.89. The van der Waals surface area contributed by atoms with Crippen LogP contribution in [-0.4, -0.2) is 82.2 Å². The second kappa shape index (κ2) is 17.6. The first kappa shape index (κ1) is 44.0. The minimum atomic E-state index is -5.28. The summed E-state index contributed by atoms with van der Waals surface area (Å²) in [6.45, 7) is -0.254. The van der Waals surface area contributed by atoms with Gasteiger partial charge in [-0.25, -0.2) is 13.7 Å². The lowest BCUT2D eigenvalue weighted by molar-refractivity contribution is -0.432. The Bertz CT molecular complexity index is 2740. The van der Waals surface area contributed by atoms with Crippen LogP contribution in [0.1, 0.15) is 0 Å². The molecular weight excluding hydrogens is 875 g/mol. The molecule has 0 aliphatic rings. The number of hydrogen-bond donors (Lipinski definition) is 6. The highest BCUT2D eigenvalue weighted by Gasteiger charge is 2.27. The quantitative estimate of drug-likeness (QED) is 0.0119. The maximum atomic E-state index is 12.6. The first-order chi connectivity index (χ1) is 26.1. The fraction of sp³-hybridized carbons (Fsp3) is 0.111. The maximum absolute atomic E-state index is 12.6. The van der Waals surface area contributed by atoms with E-state index in [4.69, 9.17) is 25.0 Å². The molecule has 23 nitrogen and oxygen atoms in total. The molecule has 0 fully saturated rings. The Morgan fingerprint density at radius 3 is 2.07 bits per heavy atom. The van der Waals surface area contributed by atoms with Gasteiger partial charge in [-0.15, -0.1) is 19.7 Å². The number of anilines is 1. The number of ether oxygens (including phenoxy) is 2. The predicted octanol–water partition coefficient (Wildman–Crippen LogP) is 4.94. The van der Waals surface area contributed by atoms with Gasteiger partial charge < -0.3 is 24.5 Å². The predicted molar refractivity (Wildman–Crippen MR) is 195 cm³/mol. The number of sulfone groups is 1. The Morgan fingerprint density at radius 2 is 1.50 bits per heavy atom. The van der Waals surface area contributed by atoms with Gasteiger partial charge in [0.15, 0.2) is 15.6 Å². The van der Waals surface area contributed by atoms with E-state index in [1.807, 2.05) is 5.02 Å². The lowest BCUT2D eigenvalue weighted by atomic mass is 10.1. The zero-order chi connectivity index (χ0) is 41.6. The van der Waals surface area contributed by atoms with Crippen LogP contribution in [0.25, 0.3) is 10.8 Å². The standard InChI is InChI=1S/C27H23N5O18S6/c1-46-8-9-53(35,36)17-6-7-18(20(12-17)54(37,38)39)30-32-26-21(55(40,41)42)11-14-10-19(52-50-49-34)25(24(28)23(14)27(26)33)31-29-15-2-4-16(5-3-15)47-22(13-51)48-56(43,44)45/h2-7,10-12,33-34H,8-9,28H2,1H3,(H,37,38,39)(H,40,41,42)(H,43,44,45). The average molecular weight is 898 g/mol. The molecule has 4 aromatic carbocycles. The molecule has 300 valence electrons. The molecule has 7 N–H and O–H groups in total. The maximum Gasteiger partial charge on any atom is 0.449 e. The summed E-state index contributed by atoms with van der Waals surface area (Å²) >= 11 is 4.73. The molecule has 56 heavy (non-hydrogen) atoms. The van der Waals surface area contributed by atoms with Gasteiger partial charge in [-0.3, -0.25) is 13.7 Å². The Labute approximate surface area is 325 Å². The summed E-state index contributed by atoms with van der Waals surface area (Å²) in [5, 5.41) is 40.2. The van der Waals surface area contributed by atoms with Crippen molar-refractivity contribution in [1.29, 1.82) is 0 Å². The number of rotatable bonds is 17. The van der Waals surface area contributed by atoms with Crippen LogP contribution in [-0.2, 0) is 58.8 Å². The van der Waals surface area contributed by atoms with Crippen molar-refractivity contribution >= 4 is 109 Å². The molecule has 0 spiro atoms. The molecule has 4 aromatic rings. The van der Waals surface area contributed by atoms with Crippen molar-refractivity contribution in [2.45, 2.75) is 19.6 Å². The Balaban J connectivity index is 1.86. The number of nitrogen functional groups attached to an aromatic ring is 1. The molecule has 0 aromatic heterocycles. The number of thiocarbonyl (C=S) groups is 1. The molecule has 0 saturated heterocycles. The Hall–Kier alpha value is -4.72. The van der Waals surface area contributed by atoms with E-state index in [0.29, 0.717) is 6.07 Å². The van der Waals surface area contributed by atoms with Crippen molar-refractivity contribution in [2.24, 2.45) is 20.5 Å². The highest BCUT2D eigenvalue weighted by atomic mass is 32.3. The second-order valence-electron chi connectivity index (χ2n) is 10.3. The zero-order valence-corrected chi connectivity index (χ0v) is 32.4. The molecule has 0 aliphatic heterocycles. The van der Waals surface area contributed by atoms with Crippen LogP contribution in [0, 0.1) is 0 Å². The van der Waals surface area contributed by atoms with Crippen molar-refractivity contribution in [2.75, 3.05) is 25.2 Å². The van der Waals surface area contributed by atoms with Gasteiger partial charge in [-0.05, 0) is 72.2 Å². The van der Waals surface area contributed by atoms with E-state index < -0.39 is 95.1 Å². The fourth-order valence-corrected chi connectivity index (χ4v) is 7.85. The highest BCUT2D eigenvalue weighted by Crippen LogP contribution is 2.49. The number of aromatic hydroxyl groups is 1. The fourth-order valence-electron chi connectivity index (χ4n) is 4.36. The van der Waals surface area contributed by atoms with Gasteiger partial charge in [0, 0.05) is 12.1 Å². The van der Waals surface area contributed by atoms with Gasteiger partial charge in [0.25, 0.3) is 20.2 Å². The summed E-state index contributed by atoms with van der Waals surface area (Å²) < 4.78 is 144. The smallest absolute Gasteiger partial charge is 0.449 e.